The van der Waals surface area contributed by atoms with Crippen molar-refractivity contribution in [3.8, 4) is 5.75 Å². The van der Waals surface area contributed by atoms with Gasteiger partial charge in [0, 0.05) is 11.3 Å². The number of benzene rings is 1. The lowest BCUT2D eigenvalue weighted by Gasteiger charge is -2.14. The molecule has 1 saturated carbocycles. The average Bonchev–Trinajstić information content (AvgIpc) is 2.86. The summed E-state index contributed by atoms with van der Waals surface area (Å²) in [4.78, 5) is 10.7. The van der Waals surface area contributed by atoms with E-state index in [0.717, 1.165) is 12.8 Å². The van der Waals surface area contributed by atoms with E-state index in [4.69, 9.17) is 4.74 Å². The maximum Gasteiger partial charge on any atom is 0.296 e. The van der Waals surface area contributed by atoms with Crippen LogP contribution in [-0.4, -0.2) is 29.6 Å². The van der Waals surface area contributed by atoms with Crippen molar-refractivity contribution in [3.63, 3.8) is 0 Å². The second-order valence-electron chi connectivity index (χ2n) is 4.65. The largest absolute Gasteiger partial charge is 0.496 e. The highest BCUT2D eigenvalue weighted by molar-refractivity contribution is 7.99. The molecule has 5 nitrogen and oxygen atoms in total. The fraction of sp³-hybridized carbons (Fsp3) is 0.538. The van der Waals surface area contributed by atoms with E-state index < -0.39 is 0 Å². The molecular formula is C13H18N2O3S. The second kappa shape index (κ2) is 6.14. The molecule has 2 rings (SSSR count). The molecule has 1 aliphatic carbocycles. The Morgan fingerprint density at radius 1 is 1.47 bits per heavy atom. The van der Waals surface area contributed by atoms with Crippen LogP contribution in [-0.2, 0) is 0 Å². The van der Waals surface area contributed by atoms with Gasteiger partial charge in [0.25, 0.3) is 5.69 Å². The third-order valence-corrected chi connectivity index (χ3v) is 4.57. The van der Waals surface area contributed by atoms with Gasteiger partial charge >= 0.3 is 0 Å². The Balaban J connectivity index is 2.13. The molecule has 0 aromatic heterocycles. The SMILES string of the molecule is COc1ccc(NC2CCC(SC)C2)c([N+](=O)[O-])c1. The Bertz CT molecular complexity index is 467. The third-order valence-electron chi connectivity index (χ3n) is 3.48. The molecular weight excluding hydrogens is 264 g/mol. The molecule has 1 aliphatic rings. The quantitative estimate of drug-likeness (QED) is 0.663. The number of rotatable bonds is 5. The van der Waals surface area contributed by atoms with Crippen molar-refractivity contribution in [2.75, 3.05) is 18.7 Å². The predicted octanol–water partition coefficient (Wildman–Crippen LogP) is 3.30. The van der Waals surface area contributed by atoms with Crippen LogP contribution in [0.1, 0.15) is 19.3 Å². The molecule has 0 amide bonds. The molecule has 1 aromatic carbocycles. The van der Waals surface area contributed by atoms with Crippen molar-refractivity contribution in [2.24, 2.45) is 0 Å². The molecule has 0 radical (unpaired) electrons. The summed E-state index contributed by atoms with van der Waals surface area (Å²) in [6.45, 7) is 0. The lowest BCUT2D eigenvalue weighted by atomic mass is 10.2. The van der Waals surface area contributed by atoms with Crippen molar-refractivity contribution >= 4 is 23.1 Å². The number of hydrogen-bond acceptors (Lipinski definition) is 5. The normalized spacial score (nSPS) is 22.2. The zero-order valence-corrected chi connectivity index (χ0v) is 11.9. The summed E-state index contributed by atoms with van der Waals surface area (Å²) in [5.41, 5.74) is 0.657. The van der Waals surface area contributed by atoms with Crippen molar-refractivity contribution in [1.82, 2.24) is 0 Å². The zero-order chi connectivity index (χ0) is 13.8. The van der Waals surface area contributed by atoms with Gasteiger partial charge in [-0.3, -0.25) is 10.1 Å². The number of methoxy groups -OCH3 is 1. The van der Waals surface area contributed by atoms with Crippen LogP contribution >= 0.6 is 11.8 Å². The van der Waals surface area contributed by atoms with Gasteiger partial charge < -0.3 is 10.1 Å². The molecule has 2 atom stereocenters. The van der Waals surface area contributed by atoms with Crippen LogP contribution < -0.4 is 10.1 Å². The molecule has 1 aromatic rings. The van der Waals surface area contributed by atoms with Crippen LogP contribution in [0.15, 0.2) is 18.2 Å². The van der Waals surface area contributed by atoms with E-state index in [1.165, 1.54) is 19.6 Å². The Morgan fingerprint density at radius 2 is 2.26 bits per heavy atom. The van der Waals surface area contributed by atoms with E-state index in [9.17, 15) is 10.1 Å². The molecule has 0 heterocycles. The van der Waals surface area contributed by atoms with E-state index in [2.05, 4.69) is 11.6 Å². The maximum absolute atomic E-state index is 11.1. The minimum Gasteiger partial charge on any atom is -0.496 e. The molecule has 1 fully saturated rings. The number of ether oxygens (including phenoxy) is 1. The number of nitrogens with zero attached hydrogens (tertiary/aromatic N) is 1. The van der Waals surface area contributed by atoms with Crippen molar-refractivity contribution in [2.45, 2.75) is 30.6 Å². The van der Waals surface area contributed by atoms with E-state index in [-0.39, 0.29) is 10.6 Å². The minimum atomic E-state index is -0.369. The summed E-state index contributed by atoms with van der Waals surface area (Å²) in [6.07, 6.45) is 5.41. The average molecular weight is 282 g/mol. The van der Waals surface area contributed by atoms with Gasteiger partial charge in [-0.1, -0.05) is 0 Å². The van der Waals surface area contributed by atoms with Gasteiger partial charge in [0.1, 0.15) is 11.4 Å². The third kappa shape index (κ3) is 3.32. The van der Waals surface area contributed by atoms with Gasteiger partial charge in [0.15, 0.2) is 0 Å². The number of thioether (sulfide) groups is 1. The topological polar surface area (TPSA) is 64.4 Å². The van der Waals surface area contributed by atoms with Crippen molar-refractivity contribution in [3.05, 3.63) is 28.3 Å². The molecule has 19 heavy (non-hydrogen) atoms. The van der Waals surface area contributed by atoms with Crippen LogP contribution in [0.5, 0.6) is 5.75 Å². The van der Waals surface area contributed by atoms with E-state index in [0.29, 0.717) is 22.7 Å². The van der Waals surface area contributed by atoms with E-state index >= 15 is 0 Å². The second-order valence-corrected chi connectivity index (χ2v) is 5.79. The highest BCUT2D eigenvalue weighted by Crippen LogP contribution is 2.34. The summed E-state index contributed by atoms with van der Waals surface area (Å²) in [5, 5.41) is 15.0. The maximum atomic E-state index is 11.1. The van der Waals surface area contributed by atoms with Crippen LogP contribution in [0.4, 0.5) is 11.4 Å². The predicted molar refractivity (Wildman–Crippen MR) is 78.2 cm³/mol. The molecule has 2 unspecified atom stereocenters. The summed E-state index contributed by atoms with van der Waals surface area (Å²) in [7, 11) is 1.51. The van der Waals surface area contributed by atoms with Crippen LogP contribution in [0.25, 0.3) is 0 Å². The van der Waals surface area contributed by atoms with Crippen molar-refractivity contribution < 1.29 is 9.66 Å². The number of hydrogen-bond donors (Lipinski definition) is 1. The monoisotopic (exact) mass is 282 g/mol. The fourth-order valence-electron chi connectivity index (χ4n) is 2.42. The molecule has 0 bridgehead atoms. The summed E-state index contributed by atoms with van der Waals surface area (Å²) >= 11 is 1.87. The lowest BCUT2D eigenvalue weighted by molar-refractivity contribution is -0.384. The Morgan fingerprint density at radius 3 is 2.84 bits per heavy atom. The first-order valence-corrected chi connectivity index (χ1v) is 7.54. The number of nitro benzene ring substituents is 1. The van der Waals surface area contributed by atoms with Gasteiger partial charge in [-0.2, -0.15) is 11.8 Å². The van der Waals surface area contributed by atoms with Gasteiger partial charge in [-0.25, -0.2) is 0 Å². The summed E-state index contributed by atoms with van der Waals surface area (Å²) in [5.74, 6) is 0.505. The molecule has 0 spiro atoms. The molecule has 0 saturated heterocycles. The smallest absolute Gasteiger partial charge is 0.296 e. The Hall–Kier alpha value is -1.43. The number of nitrogens with one attached hydrogen (secondary N) is 1. The van der Waals surface area contributed by atoms with Gasteiger partial charge in [0.05, 0.1) is 18.1 Å². The first-order valence-electron chi connectivity index (χ1n) is 6.25. The standard InChI is InChI=1S/C13H18N2O3S/c1-18-10-4-6-12(13(8-10)15(16)17)14-9-3-5-11(7-9)19-2/h4,6,8-9,11,14H,3,5,7H2,1-2H3. The number of anilines is 1. The molecule has 6 heteroatoms. The zero-order valence-electron chi connectivity index (χ0n) is 11.1. The Labute approximate surface area is 116 Å². The molecule has 0 aliphatic heterocycles. The Kier molecular flexibility index (Phi) is 4.52. The van der Waals surface area contributed by atoms with Gasteiger partial charge in [-0.15, -0.1) is 0 Å². The number of nitro groups is 1. The van der Waals surface area contributed by atoms with Gasteiger partial charge in [0.2, 0.25) is 0 Å². The van der Waals surface area contributed by atoms with Crippen LogP contribution in [0, 0.1) is 10.1 Å². The first-order chi connectivity index (χ1) is 9.13. The highest BCUT2D eigenvalue weighted by atomic mass is 32.2. The van der Waals surface area contributed by atoms with Crippen molar-refractivity contribution in [1.29, 1.82) is 0 Å². The minimum absolute atomic E-state index is 0.0759. The lowest BCUT2D eigenvalue weighted by Crippen LogP contribution is -2.16. The summed E-state index contributed by atoms with van der Waals surface area (Å²) in [6, 6.07) is 5.26. The van der Waals surface area contributed by atoms with Crippen LogP contribution in [0.3, 0.4) is 0 Å². The molecule has 1 N–H and O–H groups in total. The van der Waals surface area contributed by atoms with Crippen LogP contribution in [0.2, 0.25) is 0 Å². The van der Waals surface area contributed by atoms with E-state index in [1.54, 1.807) is 12.1 Å². The molecule has 104 valence electrons. The fourth-order valence-corrected chi connectivity index (χ4v) is 3.21. The summed E-state index contributed by atoms with van der Waals surface area (Å²) < 4.78 is 5.03. The first kappa shape index (κ1) is 14.0. The van der Waals surface area contributed by atoms with E-state index in [1.807, 2.05) is 11.8 Å². The highest BCUT2D eigenvalue weighted by Gasteiger charge is 2.26. The van der Waals surface area contributed by atoms with Gasteiger partial charge in [-0.05, 0) is 37.7 Å².